The van der Waals surface area contributed by atoms with E-state index in [0.29, 0.717) is 6.54 Å². The maximum atomic E-state index is 10.2. The Morgan fingerprint density at radius 3 is 2.17 bits per heavy atom. The summed E-state index contributed by atoms with van der Waals surface area (Å²) in [6.07, 6.45) is -0.491. The van der Waals surface area contributed by atoms with Crippen molar-refractivity contribution in [3.63, 3.8) is 0 Å². The second kappa shape index (κ2) is 8.67. The molecular weight excluding hydrogens is 288 g/mol. The van der Waals surface area contributed by atoms with Gasteiger partial charge < -0.3 is 20.1 Å². The van der Waals surface area contributed by atoms with Gasteiger partial charge in [-0.1, -0.05) is 42.5 Å². The van der Waals surface area contributed by atoms with E-state index in [2.05, 4.69) is 36.4 Å². The average molecular weight is 314 g/mol. The van der Waals surface area contributed by atoms with Crippen molar-refractivity contribution >= 4 is 0 Å². The Hall–Kier alpha value is -1.88. The summed E-state index contributed by atoms with van der Waals surface area (Å²) in [6.45, 7) is 1.30. The van der Waals surface area contributed by atoms with Crippen molar-refractivity contribution in [1.82, 2.24) is 10.2 Å². The number of rotatable bonds is 8. The van der Waals surface area contributed by atoms with Crippen molar-refractivity contribution in [2.75, 3.05) is 34.3 Å². The number of nitrogens with one attached hydrogen (secondary N) is 1. The van der Waals surface area contributed by atoms with Crippen LogP contribution >= 0.6 is 0 Å². The van der Waals surface area contributed by atoms with Gasteiger partial charge in [0.25, 0.3) is 0 Å². The lowest BCUT2D eigenvalue weighted by Crippen LogP contribution is -2.33. The van der Waals surface area contributed by atoms with Crippen molar-refractivity contribution in [3.8, 4) is 5.75 Å². The monoisotopic (exact) mass is 314 g/mol. The Morgan fingerprint density at radius 1 is 0.957 bits per heavy atom. The number of ether oxygens (including phenoxy) is 1. The van der Waals surface area contributed by atoms with Crippen LogP contribution in [0.25, 0.3) is 0 Å². The Labute approximate surface area is 138 Å². The Bertz CT molecular complexity index is 570. The molecule has 0 heterocycles. The quantitative estimate of drug-likeness (QED) is 0.786. The molecule has 0 unspecified atom stereocenters. The molecule has 2 atom stereocenters. The van der Waals surface area contributed by atoms with E-state index in [1.807, 2.05) is 42.5 Å². The zero-order valence-corrected chi connectivity index (χ0v) is 14.1. The van der Waals surface area contributed by atoms with E-state index in [9.17, 15) is 5.11 Å². The molecular formula is C19H26N2O2. The van der Waals surface area contributed by atoms with Crippen LogP contribution in [0.5, 0.6) is 5.75 Å². The Kier molecular flexibility index (Phi) is 6.59. The van der Waals surface area contributed by atoms with E-state index in [4.69, 9.17) is 4.74 Å². The summed E-state index contributed by atoms with van der Waals surface area (Å²) in [5, 5.41) is 13.6. The number of methoxy groups -OCH3 is 1. The molecule has 0 spiro atoms. The van der Waals surface area contributed by atoms with E-state index < -0.39 is 6.10 Å². The lowest BCUT2D eigenvalue weighted by atomic mass is 10.1. The molecule has 2 rings (SSSR count). The van der Waals surface area contributed by atoms with Crippen LogP contribution in [0.1, 0.15) is 23.3 Å². The third-order valence-corrected chi connectivity index (χ3v) is 3.98. The predicted molar refractivity (Wildman–Crippen MR) is 93.7 cm³/mol. The minimum absolute atomic E-state index is 0.240. The molecule has 0 aromatic heterocycles. The number of likely N-dealkylation sites (N-methyl/N-ethyl adjacent to an activating group) is 1. The molecule has 0 saturated heterocycles. The van der Waals surface area contributed by atoms with Gasteiger partial charge in [-0.2, -0.15) is 0 Å². The lowest BCUT2D eigenvalue weighted by Gasteiger charge is -2.26. The third-order valence-electron chi connectivity index (χ3n) is 3.98. The first kappa shape index (κ1) is 17.5. The van der Waals surface area contributed by atoms with E-state index in [0.717, 1.165) is 17.9 Å². The van der Waals surface area contributed by atoms with Gasteiger partial charge in [0.2, 0.25) is 0 Å². The first-order valence-corrected chi connectivity index (χ1v) is 7.86. The molecule has 4 nitrogen and oxygen atoms in total. The summed E-state index contributed by atoms with van der Waals surface area (Å²) in [6, 6.07) is 18.1. The van der Waals surface area contributed by atoms with Crippen LogP contribution in [0.4, 0.5) is 0 Å². The van der Waals surface area contributed by atoms with Gasteiger partial charge >= 0.3 is 0 Å². The average Bonchev–Trinajstić information content (AvgIpc) is 2.59. The van der Waals surface area contributed by atoms with Crippen molar-refractivity contribution in [2.24, 2.45) is 0 Å². The van der Waals surface area contributed by atoms with E-state index in [1.54, 1.807) is 7.11 Å². The van der Waals surface area contributed by atoms with Crippen LogP contribution < -0.4 is 10.1 Å². The van der Waals surface area contributed by atoms with Crippen LogP contribution in [0.2, 0.25) is 0 Å². The zero-order chi connectivity index (χ0) is 16.7. The summed E-state index contributed by atoms with van der Waals surface area (Å²) >= 11 is 0. The second-order valence-electron chi connectivity index (χ2n) is 5.84. The number of nitrogens with zero attached hydrogens (tertiary/aromatic N) is 1. The molecule has 0 fully saturated rings. The number of aliphatic hydroxyl groups is 1. The summed E-state index contributed by atoms with van der Waals surface area (Å²) in [5.74, 6) is 0.860. The Morgan fingerprint density at radius 2 is 1.61 bits per heavy atom. The first-order valence-electron chi connectivity index (χ1n) is 7.86. The summed E-state index contributed by atoms with van der Waals surface area (Å²) in [7, 11) is 5.79. The minimum Gasteiger partial charge on any atom is -0.497 e. The molecule has 0 aliphatic rings. The highest BCUT2D eigenvalue weighted by molar-refractivity contribution is 5.29. The second-order valence-corrected chi connectivity index (χ2v) is 5.84. The first-order chi connectivity index (χ1) is 11.1. The van der Waals surface area contributed by atoms with Gasteiger partial charge in [-0.3, -0.25) is 0 Å². The van der Waals surface area contributed by atoms with Crippen molar-refractivity contribution in [1.29, 1.82) is 0 Å². The van der Waals surface area contributed by atoms with E-state index in [-0.39, 0.29) is 6.04 Å². The van der Waals surface area contributed by atoms with Gasteiger partial charge in [-0.15, -0.1) is 0 Å². The molecule has 0 bridgehead atoms. The number of hydrogen-bond acceptors (Lipinski definition) is 4. The SMILES string of the molecule is COc1ccc([C@@H](CNC[C@H](O)c2ccccc2)N(C)C)cc1. The lowest BCUT2D eigenvalue weighted by molar-refractivity contribution is 0.169. The molecule has 2 aromatic rings. The molecule has 0 aliphatic carbocycles. The van der Waals surface area contributed by atoms with E-state index in [1.165, 1.54) is 5.56 Å². The fraction of sp³-hybridized carbons (Fsp3) is 0.368. The highest BCUT2D eigenvalue weighted by Crippen LogP contribution is 2.21. The molecule has 0 saturated carbocycles. The highest BCUT2D eigenvalue weighted by Gasteiger charge is 2.15. The van der Waals surface area contributed by atoms with Gasteiger partial charge in [0, 0.05) is 19.1 Å². The fourth-order valence-corrected chi connectivity index (χ4v) is 2.57. The van der Waals surface area contributed by atoms with Gasteiger partial charge in [0.05, 0.1) is 13.2 Å². The zero-order valence-electron chi connectivity index (χ0n) is 14.1. The number of aliphatic hydroxyl groups excluding tert-OH is 1. The third kappa shape index (κ3) is 5.06. The van der Waals surface area contributed by atoms with Crippen molar-refractivity contribution in [3.05, 3.63) is 65.7 Å². The van der Waals surface area contributed by atoms with Crippen LogP contribution in [-0.4, -0.2) is 44.3 Å². The summed E-state index contributed by atoms with van der Waals surface area (Å²) in [4.78, 5) is 2.17. The van der Waals surface area contributed by atoms with Crippen LogP contribution in [0.3, 0.4) is 0 Å². The fourth-order valence-electron chi connectivity index (χ4n) is 2.57. The molecule has 124 valence electrons. The Balaban J connectivity index is 1.92. The smallest absolute Gasteiger partial charge is 0.118 e. The number of benzene rings is 2. The largest absolute Gasteiger partial charge is 0.497 e. The highest BCUT2D eigenvalue weighted by atomic mass is 16.5. The predicted octanol–water partition coefficient (Wildman–Crippen LogP) is 2.62. The standard InChI is InChI=1S/C19H26N2O2/c1-21(2)18(15-9-11-17(23-3)12-10-15)13-20-14-19(22)16-7-5-4-6-8-16/h4-12,18-20,22H,13-14H2,1-3H3/t18-,19+/m1/s1. The molecule has 0 amide bonds. The van der Waals surface area contributed by atoms with Gasteiger partial charge in [0.15, 0.2) is 0 Å². The maximum Gasteiger partial charge on any atom is 0.118 e. The van der Waals surface area contributed by atoms with Gasteiger partial charge in [0.1, 0.15) is 5.75 Å². The van der Waals surface area contributed by atoms with Crippen molar-refractivity contribution < 1.29 is 9.84 Å². The van der Waals surface area contributed by atoms with Crippen molar-refractivity contribution in [2.45, 2.75) is 12.1 Å². The minimum atomic E-state index is -0.491. The molecule has 0 radical (unpaired) electrons. The molecule has 0 aliphatic heterocycles. The number of hydrogen-bond donors (Lipinski definition) is 2. The van der Waals surface area contributed by atoms with Crippen LogP contribution in [0.15, 0.2) is 54.6 Å². The van der Waals surface area contributed by atoms with Crippen LogP contribution in [-0.2, 0) is 0 Å². The summed E-state index contributed by atoms with van der Waals surface area (Å²) < 4.78 is 5.21. The maximum absolute atomic E-state index is 10.2. The van der Waals surface area contributed by atoms with Crippen LogP contribution in [0, 0.1) is 0 Å². The molecule has 2 N–H and O–H groups in total. The summed E-state index contributed by atoms with van der Waals surface area (Å²) in [5.41, 5.74) is 2.16. The molecule has 23 heavy (non-hydrogen) atoms. The van der Waals surface area contributed by atoms with Gasteiger partial charge in [-0.25, -0.2) is 0 Å². The van der Waals surface area contributed by atoms with E-state index >= 15 is 0 Å². The topological polar surface area (TPSA) is 44.7 Å². The van der Waals surface area contributed by atoms with Gasteiger partial charge in [-0.05, 0) is 37.4 Å². The normalized spacial score (nSPS) is 13.8. The molecule has 4 heteroatoms. The molecule has 2 aromatic carbocycles.